The number of hydrogen-bond donors (Lipinski definition) is 4. The lowest BCUT2D eigenvalue weighted by molar-refractivity contribution is -0.127. The summed E-state index contributed by atoms with van der Waals surface area (Å²) < 4.78 is 10.8. The first-order valence-electron chi connectivity index (χ1n) is 12.5. The van der Waals surface area contributed by atoms with E-state index in [4.69, 9.17) is 16.3 Å². The second-order valence-electron chi connectivity index (χ2n) is 10.5. The molecule has 1 aliphatic rings. The Hall–Kier alpha value is -1.87. The number of rotatable bonds is 12. The van der Waals surface area contributed by atoms with Crippen molar-refractivity contribution in [1.82, 2.24) is 21.3 Å². The van der Waals surface area contributed by atoms with Gasteiger partial charge in [0.15, 0.2) is 0 Å². The highest BCUT2D eigenvalue weighted by Crippen LogP contribution is 2.34. The molecule has 0 radical (unpaired) electrons. The number of benzene rings is 1. The third kappa shape index (κ3) is 10.7. The van der Waals surface area contributed by atoms with Crippen LogP contribution in [0.15, 0.2) is 24.3 Å². The average Bonchev–Trinajstić information content (AvgIpc) is 2.82. The summed E-state index contributed by atoms with van der Waals surface area (Å²) in [4.78, 5) is 24.6. The van der Waals surface area contributed by atoms with E-state index in [2.05, 4.69) is 46.8 Å². The monoisotopic (exact) mass is 510 g/mol. The van der Waals surface area contributed by atoms with Crippen LogP contribution in [0, 0.1) is 17.3 Å². The number of likely N-dealkylation sites (N-methyl/N-ethyl adjacent to an activating group) is 1. The van der Waals surface area contributed by atoms with Gasteiger partial charge >= 0.3 is 6.09 Å². The summed E-state index contributed by atoms with van der Waals surface area (Å²) in [5.74, 6) is 0.00296. The first-order chi connectivity index (χ1) is 16.6. The SMILES string of the molecule is CNC[C@@H](CCC(C)(C)C)NC(=O)C1CNCC([C@@H](OCCNC(=O)OC)c2cccc(Cl)c2)C1. The van der Waals surface area contributed by atoms with Crippen molar-refractivity contribution in [2.45, 2.75) is 52.2 Å². The molecule has 0 aromatic heterocycles. The smallest absolute Gasteiger partial charge is 0.406 e. The summed E-state index contributed by atoms with van der Waals surface area (Å²) in [6.07, 6.45) is 1.92. The Labute approximate surface area is 215 Å². The van der Waals surface area contributed by atoms with Crippen molar-refractivity contribution in [3.05, 3.63) is 34.9 Å². The number of hydrogen-bond acceptors (Lipinski definition) is 6. The van der Waals surface area contributed by atoms with Gasteiger partial charge in [-0.05, 0) is 49.4 Å². The van der Waals surface area contributed by atoms with Gasteiger partial charge in [-0.3, -0.25) is 4.79 Å². The number of amides is 2. The molecule has 8 nitrogen and oxygen atoms in total. The summed E-state index contributed by atoms with van der Waals surface area (Å²) >= 11 is 6.26. The first kappa shape index (κ1) is 29.4. The van der Waals surface area contributed by atoms with Crippen molar-refractivity contribution in [2.24, 2.45) is 17.3 Å². The normalized spacial score (nSPS) is 20.1. The van der Waals surface area contributed by atoms with Crippen LogP contribution < -0.4 is 21.3 Å². The van der Waals surface area contributed by atoms with Gasteiger partial charge < -0.3 is 30.7 Å². The lowest BCUT2D eigenvalue weighted by atomic mass is 9.83. The predicted octanol–water partition coefficient (Wildman–Crippen LogP) is 3.51. The van der Waals surface area contributed by atoms with E-state index in [1.165, 1.54) is 7.11 Å². The number of carbonyl (C=O) groups excluding carboxylic acids is 2. The second kappa shape index (κ2) is 14.6. The number of halogens is 1. The zero-order valence-corrected chi connectivity index (χ0v) is 22.5. The molecule has 0 bridgehead atoms. The number of methoxy groups -OCH3 is 1. The van der Waals surface area contributed by atoms with Crippen LogP contribution in [-0.4, -0.2) is 65.0 Å². The molecule has 1 fully saturated rings. The number of ether oxygens (including phenoxy) is 2. The topological polar surface area (TPSA) is 101 Å². The molecule has 1 saturated heterocycles. The number of piperidine rings is 1. The van der Waals surface area contributed by atoms with E-state index in [0.717, 1.165) is 31.5 Å². The van der Waals surface area contributed by atoms with Crippen molar-refractivity contribution in [3.8, 4) is 0 Å². The molecule has 4 N–H and O–H groups in total. The van der Waals surface area contributed by atoms with Crippen LogP contribution in [-0.2, 0) is 14.3 Å². The standard InChI is InChI=1S/C26H43ClN4O4/c1-26(2,3)10-9-22(17-28-4)31-24(32)20-13-19(15-29-16-20)23(18-7-6-8-21(27)14-18)35-12-11-30-25(33)34-5/h6-8,14,19-20,22-23,28-29H,9-13,15-17H2,1-5H3,(H,30,33)(H,31,32)/t19?,20?,22-,23+/m1/s1. The number of alkyl carbamates (subject to hydrolysis) is 1. The minimum absolute atomic E-state index is 0.0772. The van der Waals surface area contributed by atoms with E-state index in [1.54, 1.807) is 0 Å². The quantitative estimate of drug-likeness (QED) is 0.321. The fourth-order valence-corrected chi connectivity index (χ4v) is 4.60. The molecule has 0 saturated carbocycles. The van der Waals surface area contributed by atoms with Crippen molar-refractivity contribution < 1.29 is 19.1 Å². The molecule has 1 aliphatic heterocycles. The third-order valence-corrected chi connectivity index (χ3v) is 6.49. The maximum atomic E-state index is 13.2. The summed E-state index contributed by atoms with van der Waals surface area (Å²) in [6.45, 7) is 9.42. The minimum atomic E-state index is -0.494. The molecular formula is C26H43ClN4O4. The molecule has 1 aromatic rings. The molecule has 2 amide bonds. The lowest BCUT2D eigenvalue weighted by Crippen LogP contribution is -2.50. The molecule has 2 unspecified atom stereocenters. The van der Waals surface area contributed by atoms with Crippen LogP contribution in [0.5, 0.6) is 0 Å². The van der Waals surface area contributed by atoms with E-state index < -0.39 is 6.09 Å². The highest BCUT2D eigenvalue weighted by atomic mass is 35.5. The molecule has 198 valence electrons. The van der Waals surface area contributed by atoms with Gasteiger partial charge in [0.05, 0.1) is 25.7 Å². The highest BCUT2D eigenvalue weighted by Gasteiger charge is 2.34. The molecule has 4 atom stereocenters. The maximum Gasteiger partial charge on any atom is 0.406 e. The Morgan fingerprint density at radius 2 is 2.03 bits per heavy atom. The highest BCUT2D eigenvalue weighted by molar-refractivity contribution is 6.30. The van der Waals surface area contributed by atoms with Gasteiger partial charge in [0.25, 0.3) is 0 Å². The van der Waals surface area contributed by atoms with Crippen LogP contribution in [0.4, 0.5) is 4.79 Å². The zero-order valence-electron chi connectivity index (χ0n) is 21.8. The van der Waals surface area contributed by atoms with E-state index in [0.29, 0.717) is 31.1 Å². The van der Waals surface area contributed by atoms with Gasteiger partial charge in [0.1, 0.15) is 0 Å². The van der Waals surface area contributed by atoms with Crippen LogP contribution >= 0.6 is 11.6 Å². The van der Waals surface area contributed by atoms with Crippen LogP contribution in [0.25, 0.3) is 0 Å². The molecule has 0 aliphatic carbocycles. The molecule has 1 heterocycles. The number of nitrogens with one attached hydrogen (secondary N) is 4. The molecule has 9 heteroatoms. The van der Waals surface area contributed by atoms with Gasteiger partial charge in [-0.15, -0.1) is 0 Å². The minimum Gasteiger partial charge on any atom is -0.453 e. The summed E-state index contributed by atoms with van der Waals surface area (Å²) in [6, 6.07) is 7.72. The van der Waals surface area contributed by atoms with Gasteiger partial charge in [-0.1, -0.05) is 44.5 Å². The fourth-order valence-electron chi connectivity index (χ4n) is 4.40. The van der Waals surface area contributed by atoms with Crippen LogP contribution in [0.2, 0.25) is 5.02 Å². The third-order valence-electron chi connectivity index (χ3n) is 6.25. The number of carbonyl (C=O) groups is 2. The Kier molecular flexibility index (Phi) is 12.3. The predicted molar refractivity (Wildman–Crippen MR) is 140 cm³/mol. The second-order valence-corrected chi connectivity index (χ2v) is 10.9. The zero-order chi connectivity index (χ0) is 25.8. The fraction of sp³-hybridized carbons (Fsp3) is 0.692. The maximum absolute atomic E-state index is 13.2. The summed E-state index contributed by atoms with van der Waals surface area (Å²) in [5.41, 5.74) is 1.18. The Balaban J connectivity index is 2.05. The molecule has 2 rings (SSSR count). The Morgan fingerprint density at radius 1 is 1.26 bits per heavy atom. The van der Waals surface area contributed by atoms with E-state index in [9.17, 15) is 9.59 Å². The van der Waals surface area contributed by atoms with Gasteiger partial charge in [0, 0.05) is 43.2 Å². The molecule has 1 aromatic carbocycles. The van der Waals surface area contributed by atoms with Crippen molar-refractivity contribution in [2.75, 3.05) is 46.9 Å². The van der Waals surface area contributed by atoms with Crippen molar-refractivity contribution in [3.63, 3.8) is 0 Å². The van der Waals surface area contributed by atoms with E-state index in [1.807, 2.05) is 31.3 Å². The first-order valence-corrected chi connectivity index (χ1v) is 12.8. The Morgan fingerprint density at radius 3 is 2.69 bits per heavy atom. The Bertz CT molecular complexity index is 802. The molecule has 35 heavy (non-hydrogen) atoms. The largest absolute Gasteiger partial charge is 0.453 e. The van der Waals surface area contributed by atoms with Crippen LogP contribution in [0.1, 0.15) is 51.7 Å². The summed E-state index contributed by atoms with van der Waals surface area (Å²) in [5, 5.41) is 13.2. The molecule has 0 spiro atoms. The molecular weight excluding hydrogens is 468 g/mol. The van der Waals surface area contributed by atoms with Gasteiger partial charge in [0.2, 0.25) is 5.91 Å². The van der Waals surface area contributed by atoms with E-state index in [-0.39, 0.29) is 35.3 Å². The van der Waals surface area contributed by atoms with Gasteiger partial charge in [-0.25, -0.2) is 4.79 Å². The summed E-state index contributed by atoms with van der Waals surface area (Å²) in [7, 11) is 3.24. The van der Waals surface area contributed by atoms with Crippen molar-refractivity contribution >= 4 is 23.6 Å². The van der Waals surface area contributed by atoms with Crippen LogP contribution in [0.3, 0.4) is 0 Å². The van der Waals surface area contributed by atoms with E-state index >= 15 is 0 Å². The average molecular weight is 511 g/mol. The van der Waals surface area contributed by atoms with Gasteiger partial charge in [-0.2, -0.15) is 0 Å². The lowest BCUT2D eigenvalue weighted by Gasteiger charge is -2.35. The van der Waals surface area contributed by atoms with Crippen molar-refractivity contribution in [1.29, 1.82) is 0 Å².